The Hall–Kier alpha value is -2.62. The molecule has 8 nitrogen and oxygen atoms in total. The molecule has 2 saturated carbocycles. The maximum absolute atomic E-state index is 15.0. The van der Waals surface area contributed by atoms with E-state index in [4.69, 9.17) is 4.74 Å². The zero-order valence-corrected chi connectivity index (χ0v) is 23.5. The van der Waals surface area contributed by atoms with Crippen molar-refractivity contribution >= 4 is 21.9 Å². The summed E-state index contributed by atoms with van der Waals surface area (Å²) in [4.78, 5) is 29.6. The third-order valence-corrected chi connectivity index (χ3v) is 8.92. The molecule has 0 unspecified atom stereocenters. The SMILES string of the molecule is CS(=O)(=O)N(OC(=O)C(F)(F)F)C(=O)c1cc(C2CC2)c(OCC2CCN(CC3(C(F)(F)F)CCCC3)CC2)cc1F. The van der Waals surface area contributed by atoms with Crippen molar-refractivity contribution in [3.8, 4) is 5.75 Å². The number of sulfonamides is 1. The molecular formula is C26H31F7N2O6S. The molecule has 16 heteroatoms. The fourth-order valence-corrected chi connectivity index (χ4v) is 6.19. The van der Waals surface area contributed by atoms with Crippen LogP contribution in [0.4, 0.5) is 30.7 Å². The molecule has 3 fully saturated rings. The number of rotatable bonds is 8. The molecule has 1 aromatic rings. The lowest BCUT2D eigenvalue weighted by Gasteiger charge is -2.40. The number of carbonyl (C=O) groups excluding carboxylic acids is 2. The van der Waals surface area contributed by atoms with E-state index in [1.807, 2.05) is 4.90 Å². The van der Waals surface area contributed by atoms with Gasteiger partial charge in [0.15, 0.2) is 0 Å². The van der Waals surface area contributed by atoms with Crippen molar-refractivity contribution in [2.24, 2.45) is 11.3 Å². The van der Waals surface area contributed by atoms with Crippen LogP contribution in [-0.4, -0.2) is 74.5 Å². The molecular weight excluding hydrogens is 601 g/mol. The highest BCUT2D eigenvalue weighted by Crippen LogP contribution is 2.51. The summed E-state index contributed by atoms with van der Waals surface area (Å²) >= 11 is 0. The number of benzene rings is 1. The van der Waals surface area contributed by atoms with Gasteiger partial charge >= 0.3 is 24.2 Å². The number of ether oxygens (including phenoxy) is 1. The molecule has 0 bridgehead atoms. The van der Waals surface area contributed by atoms with Crippen LogP contribution in [0.3, 0.4) is 0 Å². The number of nitrogens with zero attached hydrogens (tertiary/aromatic N) is 2. The van der Waals surface area contributed by atoms with Crippen LogP contribution < -0.4 is 4.74 Å². The molecule has 1 saturated heterocycles. The van der Waals surface area contributed by atoms with E-state index < -0.39 is 55.5 Å². The van der Waals surface area contributed by atoms with E-state index in [2.05, 4.69) is 4.84 Å². The third-order valence-electron chi connectivity index (χ3n) is 8.08. The van der Waals surface area contributed by atoms with Crippen LogP contribution in [0, 0.1) is 17.2 Å². The molecule has 4 rings (SSSR count). The summed E-state index contributed by atoms with van der Waals surface area (Å²) < 4.78 is 123. The van der Waals surface area contributed by atoms with E-state index in [1.165, 1.54) is 0 Å². The topological polar surface area (TPSA) is 93.2 Å². The quantitative estimate of drug-likeness (QED) is 0.282. The molecule has 0 atom stereocenters. The second-order valence-electron chi connectivity index (χ2n) is 11.3. The van der Waals surface area contributed by atoms with Gasteiger partial charge in [0.05, 0.1) is 23.8 Å². The molecule has 0 radical (unpaired) electrons. The van der Waals surface area contributed by atoms with Gasteiger partial charge in [-0.2, -0.15) is 26.3 Å². The second-order valence-corrected chi connectivity index (χ2v) is 13.1. The Morgan fingerprint density at radius 2 is 1.62 bits per heavy atom. The number of hydrogen-bond acceptors (Lipinski definition) is 7. The molecule has 1 aliphatic heterocycles. The highest BCUT2D eigenvalue weighted by atomic mass is 32.2. The van der Waals surface area contributed by atoms with E-state index in [9.17, 15) is 44.3 Å². The number of hydroxylamine groups is 1. The molecule has 1 aromatic carbocycles. The van der Waals surface area contributed by atoms with Crippen molar-refractivity contribution in [3.05, 3.63) is 29.1 Å². The standard InChI is InChI=1S/C26H31F7N2O6S/c1-42(38,39)35(41-23(37)25(28,29)30)22(36)19-12-18(17-4-5-17)21(13-20(19)27)40-14-16-6-10-34(11-7-16)15-24(26(31,32)33)8-2-3-9-24/h12-13,16-17H,2-11,14-15H2,1H3. The average Bonchev–Trinajstić information content (AvgIpc) is 3.61. The third kappa shape index (κ3) is 7.29. The summed E-state index contributed by atoms with van der Waals surface area (Å²) in [6, 6.07) is 1.81. The molecule has 3 aliphatic rings. The summed E-state index contributed by atoms with van der Waals surface area (Å²) in [7, 11) is -4.88. The summed E-state index contributed by atoms with van der Waals surface area (Å²) in [5, 5.41) is 0. The van der Waals surface area contributed by atoms with E-state index in [1.54, 1.807) is 0 Å². The van der Waals surface area contributed by atoms with Gasteiger partial charge < -0.3 is 14.5 Å². The highest BCUT2D eigenvalue weighted by molar-refractivity contribution is 7.88. The molecule has 42 heavy (non-hydrogen) atoms. The number of amides is 1. The Morgan fingerprint density at radius 3 is 2.12 bits per heavy atom. The molecule has 236 valence electrons. The van der Waals surface area contributed by atoms with Crippen LogP contribution in [0.15, 0.2) is 12.1 Å². The van der Waals surface area contributed by atoms with Gasteiger partial charge in [-0.15, -0.1) is 0 Å². The Labute approximate surface area is 238 Å². The van der Waals surface area contributed by atoms with Gasteiger partial charge in [0, 0.05) is 12.6 Å². The minimum atomic E-state index is -5.62. The van der Waals surface area contributed by atoms with Crippen LogP contribution in [0.5, 0.6) is 5.75 Å². The number of halogens is 7. The van der Waals surface area contributed by atoms with Crippen molar-refractivity contribution in [2.75, 3.05) is 32.5 Å². The smallest absolute Gasteiger partial charge is 0.493 e. The molecule has 1 amide bonds. The van der Waals surface area contributed by atoms with Gasteiger partial charge in [-0.1, -0.05) is 17.3 Å². The van der Waals surface area contributed by atoms with Crippen LogP contribution >= 0.6 is 0 Å². The molecule has 2 aliphatic carbocycles. The van der Waals surface area contributed by atoms with Crippen molar-refractivity contribution in [1.29, 1.82) is 0 Å². The first kappa shape index (κ1) is 32.3. The van der Waals surface area contributed by atoms with Crippen LogP contribution in [0.2, 0.25) is 0 Å². The van der Waals surface area contributed by atoms with Gasteiger partial charge in [0.25, 0.3) is 10.0 Å². The molecule has 0 spiro atoms. The van der Waals surface area contributed by atoms with E-state index in [-0.39, 0.29) is 43.6 Å². The van der Waals surface area contributed by atoms with Crippen molar-refractivity contribution in [2.45, 2.75) is 69.6 Å². The maximum Gasteiger partial charge on any atom is 0.493 e. The van der Waals surface area contributed by atoms with E-state index in [0.29, 0.717) is 63.4 Å². The minimum absolute atomic E-state index is 0.0365. The summed E-state index contributed by atoms with van der Waals surface area (Å²) in [5.41, 5.74) is -2.27. The fourth-order valence-electron chi connectivity index (χ4n) is 5.59. The summed E-state index contributed by atoms with van der Waals surface area (Å²) in [6.45, 7) is 0.963. The molecule has 0 N–H and O–H groups in total. The summed E-state index contributed by atoms with van der Waals surface area (Å²) in [6.07, 6.45) is -5.84. The predicted octanol–water partition coefficient (Wildman–Crippen LogP) is 5.34. The predicted molar refractivity (Wildman–Crippen MR) is 133 cm³/mol. The van der Waals surface area contributed by atoms with Crippen LogP contribution in [0.25, 0.3) is 0 Å². The first-order valence-corrected chi connectivity index (χ1v) is 15.4. The first-order valence-electron chi connectivity index (χ1n) is 13.5. The average molecular weight is 633 g/mol. The first-order chi connectivity index (χ1) is 19.4. The van der Waals surface area contributed by atoms with Gasteiger partial charge in [-0.05, 0) is 75.1 Å². The highest BCUT2D eigenvalue weighted by Gasteiger charge is 2.56. The zero-order chi connectivity index (χ0) is 31.1. The van der Waals surface area contributed by atoms with Crippen molar-refractivity contribution in [1.82, 2.24) is 9.37 Å². The van der Waals surface area contributed by atoms with Gasteiger partial charge in [0.2, 0.25) is 0 Å². The lowest BCUT2D eigenvalue weighted by atomic mass is 9.83. The lowest BCUT2D eigenvalue weighted by Crippen LogP contribution is -2.48. The Balaban J connectivity index is 1.43. The van der Waals surface area contributed by atoms with Crippen LogP contribution in [0.1, 0.15) is 73.2 Å². The largest absolute Gasteiger partial charge is 0.493 e. The maximum atomic E-state index is 15.0. The summed E-state index contributed by atoms with van der Waals surface area (Å²) in [5.74, 6) is -6.26. The molecule has 0 aromatic heterocycles. The van der Waals surface area contributed by atoms with Gasteiger partial charge in [-0.25, -0.2) is 17.6 Å². The van der Waals surface area contributed by atoms with E-state index in [0.717, 1.165) is 12.1 Å². The van der Waals surface area contributed by atoms with Crippen molar-refractivity contribution < 1.29 is 58.3 Å². The van der Waals surface area contributed by atoms with Crippen LogP contribution in [-0.2, 0) is 19.7 Å². The normalized spacial score (nSPS) is 20.4. The molecule has 1 heterocycles. The van der Waals surface area contributed by atoms with Gasteiger partial charge in [-0.3, -0.25) is 4.79 Å². The number of carbonyl (C=O) groups is 2. The number of likely N-dealkylation sites (tertiary alicyclic amines) is 1. The Morgan fingerprint density at radius 1 is 1.02 bits per heavy atom. The monoisotopic (exact) mass is 632 g/mol. The van der Waals surface area contributed by atoms with E-state index >= 15 is 4.39 Å². The number of piperidine rings is 1. The van der Waals surface area contributed by atoms with Gasteiger partial charge in [0.1, 0.15) is 11.6 Å². The number of hydrogen-bond donors (Lipinski definition) is 0. The fraction of sp³-hybridized carbons (Fsp3) is 0.692. The Bertz CT molecular complexity index is 1280. The van der Waals surface area contributed by atoms with Crippen molar-refractivity contribution in [3.63, 3.8) is 0 Å². The minimum Gasteiger partial charge on any atom is -0.493 e. The number of alkyl halides is 6. The zero-order valence-electron chi connectivity index (χ0n) is 22.7. The lowest BCUT2D eigenvalue weighted by molar-refractivity contribution is -0.228. The Kier molecular flexibility index (Phi) is 9.08. The second kappa shape index (κ2) is 11.8.